The van der Waals surface area contributed by atoms with E-state index >= 15 is 0 Å². The molecule has 0 radical (unpaired) electrons. The second-order valence-corrected chi connectivity index (χ2v) is 5.48. The van der Waals surface area contributed by atoms with E-state index in [-0.39, 0.29) is 11.4 Å². The highest BCUT2D eigenvalue weighted by molar-refractivity contribution is 5.88. The lowest BCUT2D eigenvalue weighted by molar-refractivity contribution is -0.385. The zero-order valence-corrected chi connectivity index (χ0v) is 15.7. The molecular formula is C20H22N2O5. The van der Waals surface area contributed by atoms with Gasteiger partial charge in [0.2, 0.25) is 0 Å². The number of hydrogen-bond acceptors (Lipinski definition) is 6. The summed E-state index contributed by atoms with van der Waals surface area (Å²) in [4.78, 5) is 14.6. The number of fused-ring (bicyclic) bond motifs is 1. The molecule has 0 aliphatic heterocycles. The summed E-state index contributed by atoms with van der Waals surface area (Å²) in [5.41, 5.74) is 1.27. The molecule has 1 aromatic heterocycles. The molecule has 1 N–H and O–H groups in total. The molecule has 0 unspecified atom stereocenters. The molecule has 0 aliphatic rings. The maximum atomic E-state index is 11.0. The Bertz CT molecular complexity index is 957. The summed E-state index contributed by atoms with van der Waals surface area (Å²) in [6.07, 6.45) is 3.87. The van der Waals surface area contributed by atoms with Crippen molar-refractivity contribution in [2.24, 2.45) is 0 Å². The largest absolute Gasteiger partial charge is 0.502 e. The van der Waals surface area contributed by atoms with E-state index in [2.05, 4.69) is 4.98 Å². The Hall–Kier alpha value is -3.35. The summed E-state index contributed by atoms with van der Waals surface area (Å²) in [7, 11) is 3.13. The lowest BCUT2D eigenvalue weighted by Gasteiger charge is -2.12. The molecule has 0 atom stereocenters. The number of nitro groups is 1. The van der Waals surface area contributed by atoms with E-state index in [0.717, 1.165) is 16.3 Å². The molecule has 1 heterocycles. The number of aromatic hydroxyl groups is 1. The number of nitro benzene ring substituents is 1. The van der Waals surface area contributed by atoms with Gasteiger partial charge < -0.3 is 14.6 Å². The average Bonchev–Trinajstić information content (AvgIpc) is 2.69. The number of rotatable bonds is 5. The minimum absolute atomic E-state index is 0.315. The summed E-state index contributed by atoms with van der Waals surface area (Å²) in [6, 6.07) is 8.05. The van der Waals surface area contributed by atoms with Crippen LogP contribution in [0.1, 0.15) is 25.0 Å². The van der Waals surface area contributed by atoms with Crippen LogP contribution < -0.4 is 9.47 Å². The van der Waals surface area contributed by atoms with Crippen LogP contribution in [0, 0.1) is 10.1 Å². The quantitative estimate of drug-likeness (QED) is 0.525. The second-order valence-electron chi connectivity index (χ2n) is 5.48. The lowest BCUT2D eigenvalue weighted by Crippen LogP contribution is -1.96. The highest BCUT2D eigenvalue weighted by Gasteiger charge is 2.15. The number of pyridine rings is 1. The highest BCUT2D eigenvalue weighted by Crippen LogP contribution is 2.34. The van der Waals surface area contributed by atoms with Crippen LogP contribution in [0.5, 0.6) is 17.2 Å². The third-order valence-electron chi connectivity index (χ3n) is 3.98. The maximum Gasteiger partial charge on any atom is 0.310 e. The molecule has 0 fully saturated rings. The zero-order chi connectivity index (χ0) is 20.0. The monoisotopic (exact) mass is 370 g/mol. The van der Waals surface area contributed by atoms with Crippen LogP contribution in [0.25, 0.3) is 10.8 Å². The Balaban J connectivity index is 0.00000126. The molecule has 0 spiro atoms. The topological polar surface area (TPSA) is 94.7 Å². The van der Waals surface area contributed by atoms with E-state index in [9.17, 15) is 15.2 Å². The molecular weight excluding hydrogens is 348 g/mol. The van der Waals surface area contributed by atoms with E-state index in [0.29, 0.717) is 23.5 Å². The molecule has 0 saturated heterocycles. The Labute approximate surface area is 157 Å². The van der Waals surface area contributed by atoms with Crippen LogP contribution in [0.3, 0.4) is 0 Å². The van der Waals surface area contributed by atoms with Crippen LogP contribution in [0.15, 0.2) is 42.7 Å². The van der Waals surface area contributed by atoms with Crippen molar-refractivity contribution in [3.8, 4) is 17.2 Å². The Morgan fingerprint density at radius 3 is 2.37 bits per heavy atom. The van der Waals surface area contributed by atoms with Crippen molar-refractivity contribution < 1.29 is 19.5 Å². The first-order valence-electron chi connectivity index (χ1n) is 8.48. The van der Waals surface area contributed by atoms with Gasteiger partial charge in [0.15, 0.2) is 17.2 Å². The third-order valence-corrected chi connectivity index (χ3v) is 3.98. The van der Waals surface area contributed by atoms with Crippen molar-refractivity contribution in [1.82, 2.24) is 4.98 Å². The first kappa shape index (κ1) is 20.0. The molecule has 0 aliphatic carbocycles. The average molecular weight is 370 g/mol. The number of phenols is 1. The van der Waals surface area contributed by atoms with E-state index in [1.165, 1.54) is 12.1 Å². The summed E-state index contributed by atoms with van der Waals surface area (Å²) >= 11 is 0. The number of benzene rings is 2. The summed E-state index contributed by atoms with van der Waals surface area (Å²) in [5, 5.41) is 22.4. The SMILES string of the molecule is CC.COc1cc2cncc(Cc3ccc(O)c([N+](=O)[O-])c3)c2cc1OC. The minimum Gasteiger partial charge on any atom is -0.502 e. The van der Waals surface area contributed by atoms with Gasteiger partial charge in [-0.1, -0.05) is 19.9 Å². The van der Waals surface area contributed by atoms with Crippen LogP contribution in [-0.2, 0) is 6.42 Å². The Morgan fingerprint density at radius 2 is 1.74 bits per heavy atom. The van der Waals surface area contributed by atoms with E-state index < -0.39 is 4.92 Å². The van der Waals surface area contributed by atoms with Crippen LogP contribution in [-0.4, -0.2) is 29.2 Å². The van der Waals surface area contributed by atoms with E-state index in [1.807, 2.05) is 26.0 Å². The molecule has 3 aromatic rings. The molecule has 27 heavy (non-hydrogen) atoms. The highest BCUT2D eigenvalue weighted by atomic mass is 16.6. The lowest BCUT2D eigenvalue weighted by atomic mass is 10.00. The van der Waals surface area contributed by atoms with Crippen molar-refractivity contribution in [2.45, 2.75) is 20.3 Å². The first-order valence-corrected chi connectivity index (χ1v) is 8.48. The van der Waals surface area contributed by atoms with Crippen molar-refractivity contribution in [1.29, 1.82) is 0 Å². The Morgan fingerprint density at radius 1 is 1.07 bits per heavy atom. The van der Waals surface area contributed by atoms with E-state index in [4.69, 9.17) is 9.47 Å². The van der Waals surface area contributed by atoms with Gasteiger partial charge >= 0.3 is 5.69 Å². The van der Waals surface area contributed by atoms with Crippen LogP contribution in [0.2, 0.25) is 0 Å². The van der Waals surface area contributed by atoms with Gasteiger partial charge in [0.1, 0.15) is 0 Å². The number of ether oxygens (including phenoxy) is 2. The molecule has 0 bridgehead atoms. The smallest absolute Gasteiger partial charge is 0.310 e. The fourth-order valence-corrected chi connectivity index (χ4v) is 2.74. The molecule has 7 nitrogen and oxygen atoms in total. The molecule has 7 heteroatoms. The second kappa shape index (κ2) is 8.84. The molecule has 3 rings (SSSR count). The number of nitrogens with zero attached hydrogens (tertiary/aromatic N) is 2. The normalized spacial score (nSPS) is 10.1. The third kappa shape index (κ3) is 4.25. The summed E-state index contributed by atoms with van der Waals surface area (Å²) < 4.78 is 10.7. The summed E-state index contributed by atoms with van der Waals surface area (Å²) in [6.45, 7) is 4.00. The number of phenolic OH excluding ortho intramolecular Hbond substituents is 1. The molecule has 0 saturated carbocycles. The zero-order valence-electron chi connectivity index (χ0n) is 15.7. The van der Waals surface area contributed by atoms with Gasteiger partial charge in [0, 0.05) is 23.8 Å². The number of aromatic nitrogens is 1. The van der Waals surface area contributed by atoms with Crippen LogP contribution in [0.4, 0.5) is 5.69 Å². The fraction of sp³-hybridized carbons (Fsp3) is 0.250. The van der Waals surface area contributed by atoms with Gasteiger partial charge in [0.05, 0.1) is 19.1 Å². The van der Waals surface area contributed by atoms with Crippen molar-refractivity contribution >= 4 is 16.5 Å². The minimum atomic E-state index is -0.603. The first-order chi connectivity index (χ1) is 13.0. The number of hydrogen-bond donors (Lipinski definition) is 1. The molecule has 142 valence electrons. The predicted octanol–water partition coefficient (Wildman–Crippen LogP) is 4.48. The van der Waals surface area contributed by atoms with E-state index in [1.54, 1.807) is 32.7 Å². The van der Waals surface area contributed by atoms with Crippen molar-refractivity contribution in [3.63, 3.8) is 0 Å². The van der Waals surface area contributed by atoms with Gasteiger partial charge in [0.25, 0.3) is 0 Å². The predicted molar refractivity (Wildman–Crippen MR) is 104 cm³/mol. The van der Waals surface area contributed by atoms with Gasteiger partial charge in [-0.25, -0.2) is 0 Å². The maximum absolute atomic E-state index is 11.0. The summed E-state index contributed by atoms with van der Waals surface area (Å²) in [5.74, 6) is 0.851. The Kier molecular flexibility index (Phi) is 6.54. The van der Waals surface area contributed by atoms with Crippen molar-refractivity contribution in [3.05, 3.63) is 64.0 Å². The van der Waals surface area contributed by atoms with Crippen molar-refractivity contribution in [2.75, 3.05) is 14.2 Å². The van der Waals surface area contributed by atoms with Gasteiger partial charge in [-0.05, 0) is 41.1 Å². The van der Waals surface area contributed by atoms with Gasteiger partial charge in [-0.2, -0.15) is 0 Å². The number of methoxy groups -OCH3 is 2. The van der Waals surface area contributed by atoms with Crippen LogP contribution >= 0.6 is 0 Å². The molecule has 2 aromatic carbocycles. The van der Waals surface area contributed by atoms with Gasteiger partial charge in [-0.3, -0.25) is 15.1 Å². The van der Waals surface area contributed by atoms with Gasteiger partial charge in [-0.15, -0.1) is 0 Å². The fourth-order valence-electron chi connectivity index (χ4n) is 2.74. The molecule has 0 amide bonds. The standard InChI is InChI=1S/C18H16N2O5.C2H6/c1-24-17-7-13-10-19-9-12(14(13)8-18(17)25-2)5-11-3-4-16(21)15(6-11)20(22)23;1-2/h3-4,6-10,21H,5H2,1-2H3;1-2H3.